The number of carbonyl (C=O) groups excluding carboxylic acids is 1. The average Bonchev–Trinajstić information content (AvgIpc) is 3.80. The molecule has 1 aliphatic heterocycles. The number of amides is 1. The zero-order valence-corrected chi connectivity index (χ0v) is 22.2. The van der Waals surface area contributed by atoms with Crippen molar-refractivity contribution in [3.63, 3.8) is 0 Å². The van der Waals surface area contributed by atoms with Gasteiger partial charge in [0.05, 0.1) is 35.0 Å². The van der Waals surface area contributed by atoms with E-state index < -0.39 is 21.8 Å². The fourth-order valence-electron chi connectivity index (χ4n) is 5.60. The number of carbonyl (C=O) groups is 1. The van der Waals surface area contributed by atoms with E-state index in [4.69, 9.17) is 4.74 Å². The number of ether oxygens (including phenoxy) is 1. The maximum Gasteiger partial charge on any atom is 0.237 e. The van der Waals surface area contributed by atoms with Crippen LogP contribution in [0.2, 0.25) is 0 Å². The highest BCUT2D eigenvalue weighted by molar-refractivity contribution is 7.70. The second-order valence-electron chi connectivity index (χ2n) is 10.7. The minimum atomic E-state index is -2.77. The number of benzene rings is 1. The fourth-order valence-corrected chi connectivity index (χ4v) is 6.30. The molecular weight excluding hydrogens is 490 g/mol. The van der Waals surface area contributed by atoms with Gasteiger partial charge in [0.1, 0.15) is 0 Å². The number of hydrogen-bond acceptors (Lipinski definition) is 7. The minimum absolute atomic E-state index is 0.149. The SMILES string of the molecule is CN(C)CCCOc1ncc(-c2ccc3ncc4c(c3c2)C2(CC2)C(=O)N4C)cc1C1(N[SH](=O)=O)CC1. The van der Waals surface area contributed by atoms with Gasteiger partial charge in [-0.15, -0.1) is 0 Å². The summed E-state index contributed by atoms with van der Waals surface area (Å²) in [5.74, 6) is 0.618. The van der Waals surface area contributed by atoms with Crippen molar-refractivity contribution in [2.24, 2.45) is 0 Å². The molecule has 194 valence electrons. The van der Waals surface area contributed by atoms with Crippen LogP contribution < -0.4 is 14.4 Å². The zero-order valence-electron chi connectivity index (χ0n) is 21.3. The first-order valence-electron chi connectivity index (χ1n) is 12.7. The van der Waals surface area contributed by atoms with Gasteiger partial charge in [0, 0.05) is 41.9 Å². The molecule has 1 N–H and O–H groups in total. The number of thiol groups is 1. The van der Waals surface area contributed by atoms with Crippen LogP contribution in [0.4, 0.5) is 5.69 Å². The van der Waals surface area contributed by atoms with Crippen molar-refractivity contribution in [2.75, 3.05) is 39.2 Å². The molecule has 3 aromatic rings. The van der Waals surface area contributed by atoms with Crippen LogP contribution in [0.15, 0.2) is 36.7 Å². The summed E-state index contributed by atoms with van der Waals surface area (Å²) in [6, 6.07) is 8.07. The normalized spacial score (nSPS) is 18.7. The summed E-state index contributed by atoms with van der Waals surface area (Å²) in [7, 11) is 3.07. The molecule has 1 spiro atoms. The second-order valence-corrected chi connectivity index (χ2v) is 11.5. The van der Waals surface area contributed by atoms with Gasteiger partial charge in [0.2, 0.25) is 22.7 Å². The highest BCUT2D eigenvalue weighted by Crippen LogP contribution is 2.59. The molecule has 2 saturated carbocycles. The Hall–Kier alpha value is -3.08. The van der Waals surface area contributed by atoms with Crippen molar-refractivity contribution in [3.8, 4) is 17.0 Å². The summed E-state index contributed by atoms with van der Waals surface area (Å²) < 4.78 is 32.0. The molecule has 6 rings (SSSR count). The Balaban J connectivity index is 1.41. The van der Waals surface area contributed by atoms with E-state index >= 15 is 0 Å². The Kier molecular flexibility index (Phi) is 5.74. The first-order valence-corrected chi connectivity index (χ1v) is 13.8. The molecule has 3 heterocycles. The average molecular weight is 522 g/mol. The molecule has 2 fully saturated rings. The molecular formula is C27H31N5O4S. The number of aromatic nitrogens is 2. The standard InChI is InChI=1S/C27H31N5O4S/c1-31(2)11-4-12-36-24-20(27(9-10-27)30-37(34)35)14-18(15-29-24)17-5-6-21-19(13-17)23-22(16-28-21)32(3)25(33)26(23)7-8-26/h5-6,13-16,37H,4,7-12H2,1-3H3,(H,30,34,35). The van der Waals surface area contributed by atoms with Crippen LogP contribution in [0.5, 0.6) is 5.88 Å². The topological polar surface area (TPSA) is 105 Å². The Morgan fingerprint density at radius 2 is 1.86 bits per heavy atom. The molecule has 2 aromatic heterocycles. The Morgan fingerprint density at radius 3 is 2.54 bits per heavy atom. The van der Waals surface area contributed by atoms with E-state index in [-0.39, 0.29) is 5.91 Å². The van der Waals surface area contributed by atoms with E-state index in [0.29, 0.717) is 25.3 Å². The summed E-state index contributed by atoms with van der Waals surface area (Å²) in [5, 5.41) is 0.984. The predicted octanol–water partition coefficient (Wildman–Crippen LogP) is 2.74. The Morgan fingerprint density at radius 1 is 1.08 bits per heavy atom. The Bertz CT molecular complexity index is 1490. The molecule has 1 amide bonds. The lowest BCUT2D eigenvalue weighted by atomic mass is 9.92. The summed E-state index contributed by atoms with van der Waals surface area (Å²) >= 11 is 0. The van der Waals surface area contributed by atoms with E-state index in [1.165, 1.54) is 0 Å². The third kappa shape index (κ3) is 4.07. The van der Waals surface area contributed by atoms with Crippen LogP contribution in [0, 0.1) is 0 Å². The maximum atomic E-state index is 13.0. The van der Waals surface area contributed by atoms with Gasteiger partial charge >= 0.3 is 0 Å². The lowest BCUT2D eigenvalue weighted by molar-refractivity contribution is -0.119. The lowest BCUT2D eigenvalue weighted by Gasteiger charge is -2.19. The number of hydrogen-bond donors (Lipinski definition) is 2. The predicted molar refractivity (Wildman–Crippen MR) is 142 cm³/mol. The molecule has 0 radical (unpaired) electrons. The van der Waals surface area contributed by atoms with E-state index in [9.17, 15) is 13.2 Å². The van der Waals surface area contributed by atoms with E-state index in [0.717, 1.165) is 64.7 Å². The van der Waals surface area contributed by atoms with Crippen molar-refractivity contribution in [1.29, 1.82) is 0 Å². The monoisotopic (exact) mass is 521 g/mol. The third-order valence-electron chi connectivity index (χ3n) is 7.90. The smallest absolute Gasteiger partial charge is 0.237 e. The summed E-state index contributed by atoms with van der Waals surface area (Å²) in [5.41, 5.74) is 4.29. The highest BCUT2D eigenvalue weighted by atomic mass is 32.2. The molecule has 0 unspecified atom stereocenters. The summed E-state index contributed by atoms with van der Waals surface area (Å²) in [6.45, 7) is 1.38. The Labute approximate surface area is 217 Å². The molecule has 3 aliphatic rings. The van der Waals surface area contributed by atoms with Gasteiger partial charge in [-0.25, -0.2) is 18.1 Å². The number of pyridine rings is 2. The van der Waals surface area contributed by atoms with Crippen LogP contribution in [0.3, 0.4) is 0 Å². The van der Waals surface area contributed by atoms with Crippen molar-refractivity contribution in [3.05, 3.63) is 47.8 Å². The van der Waals surface area contributed by atoms with Crippen molar-refractivity contribution in [2.45, 2.75) is 43.1 Å². The molecule has 2 aliphatic carbocycles. The van der Waals surface area contributed by atoms with Gasteiger partial charge in [0.25, 0.3) is 0 Å². The summed E-state index contributed by atoms with van der Waals surface area (Å²) in [4.78, 5) is 26.1. The molecule has 0 bridgehead atoms. The number of nitrogens with zero attached hydrogens (tertiary/aromatic N) is 4. The fraction of sp³-hybridized carbons (Fsp3) is 0.444. The molecule has 0 saturated heterocycles. The molecule has 1 aromatic carbocycles. The lowest BCUT2D eigenvalue weighted by Crippen LogP contribution is -2.28. The molecule has 9 nitrogen and oxygen atoms in total. The number of fused-ring (bicyclic) bond motifs is 4. The van der Waals surface area contributed by atoms with Gasteiger partial charge in [-0.2, -0.15) is 0 Å². The number of anilines is 1. The van der Waals surface area contributed by atoms with Crippen molar-refractivity contribution >= 4 is 33.4 Å². The van der Waals surface area contributed by atoms with Gasteiger partial charge in [0.15, 0.2) is 0 Å². The minimum Gasteiger partial charge on any atom is -0.477 e. The third-order valence-corrected chi connectivity index (χ3v) is 8.51. The van der Waals surface area contributed by atoms with Crippen LogP contribution in [-0.2, 0) is 26.6 Å². The quantitative estimate of drug-likeness (QED) is 0.330. The number of nitrogens with one attached hydrogen (secondary N) is 1. The highest BCUT2D eigenvalue weighted by Gasteiger charge is 2.59. The van der Waals surface area contributed by atoms with Gasteiger partial charge in [-0.3, -0.25) is 9.78 Å². The van der Waals surface area contributed by atoms with Crippen LogP contribution in [-0.4, -0.2) is 63.5 Å². The van der Waals surface area contributed by atoms with E-state index in [1.54, 1.807) is 17.3 Å². The largest absolute Gasteiger partial charge is 0.477 e. The van der Waals surface area contributed by atoms with Crippen molar-refractivity contribution in [1.82, 2.24) is 19.6 Å². The first-order chi connectivity index (χ1) is 17.7. The maximum absolute atomic E-state index is 13.0. The van der Waals surface area contributed by atoms with Crippen molar-refractivity contribution < 1.29 is 17.9 Å². The van der Waals surface area contributed by atoms with Crippen LogP contribution in [0.1, 0.15) is 43.2 Å². The molecule has 37 heavy (non-hydrogen) atoms. The second kappa shape index (κ2) is 8.75. The van der Waals surface area contributed by atoms with Gasteiger partial charge in [-0.1, -0.05) is 6.07 Å². The van der Waals surface area contributed by atoms with Gasteiger partial charge < -0.3 is 14.5 Å². The van der Waals surface area contributed by atoms with Crippen LogP contribution >= 0.6 is 0 Å². The van der Waals surface area contributed by atoms with E-state index in [1.807, 2.05) is 39.3 Å². The van der Waals surface area contributed by atoms with Gasteiger partial charge in [-0.05, 0) is 70.0 Å². The number of likely N-dealkylation sites (N-methyl/N-ethyl adjacent to an activating group) is 1. The first kappa shape index (κ1) is 24.3. The molecule has 10 heteroatoms. The summed E-state index contributed by atoms with van der Waals surface area (Å²) in [6.07, 6.45) is 7.53. The number of rotatable bonds is 9. The van der Waals surface area contributed by atoms with Crippen LogP contribution in [0.25, 0.3) is 22.0 Å². The zero-order chi connectivity index (χ0) is 25.9. The van der Waals surface area contributed by atoms with E-state index in [2.05, 4.69) is 25.7 Å². The molecule has 0 atom stereocenters.